The van der Waals surface area contributed by atoms with Gasteiger partial charge in [-0.1, -0.05) is 12.1 Å². The van der Waals surface area contributed by atoms with Gasteiger partial charge in [0.05, 0.1) is 17.7 Å². The number of rotatable bonds is 6. The maximum atomic E-state index is 11.3. The van der Waals surface area contributed by atoms with Gasteiger partial charge in [-0.15, -0.1) is 0 Å². The molecule has 0 aliphatic heterocycles. The smallest absolute Gasteiger partial charge is 0.325 e. The number of non-ortho nitro benzene ring substituents is 1. The third-order valence-corrected chi connectivity index (χ3v) is 2.74. The maximum absolute atomic E-state index is 11.3. The first-order valence-electron chi connectivity index (χ1n) is 5.81. The summed E-state index contributed by atoms with van der Waals surface area (Å²) in [7, 11) is 0. The van der Waals surface area contributed by atoms with Crippen LogP contribution in [0.25, 0.3) is 0 Å². The third-order valence-electron chi connectivity index (χ3n) is 2.74. The fourth-order valence-corrected chi connectivity index (χ4v) is 1.75. The van der Waals surface area contributed by atoms with E-state index >= 15 is 0 Å². The van der Waals surface area contributed by atoms with Crippen LogP contribution in [0.1, 0.15) is 17.4 Å². The zero-order chi connectivity index (χ0) is 14.5. The Kier molecular flexibility index (Phi) is 4.11. The molecule has 0 spiro atoms. The van der Waals surface area contributed by atoms with Gasteiger partial charge in [0, 0.05) is 12.1 Å². The van der Waals surface area contributed by atoms with Crippen molar-refractivity contribution in [3.05, 3.63) is 64.1 Å². The summed E-state index contributed by atoms with van der Waals surface area (Å²) in [4.78, 5) is 21.3. The van der Waals surface area contributed by atoms with Crippen LogP contribution in [0.4, 0.5) is 5.69 Å². The van der Waals surface area contributed by atoms with Crippen LogP contribution < -0.4 is 5.32 Å². The first-order valence-corrected chi connectivity index (χ1v) is 5.81. The second kappa shape index (κ2) is 5.98. The molecule has 1 aromatic carbocycles. The summed E-state index contributed by atoms with van der Waals surface area (Å²) in [6.45, 7) is 0.251. The number of carboxylic acid groups (broad SMARTS) is 1. The van der Waals surface area contributed by atoms with Crippen LogP contribution in [0, 0.1) is 10.1 Å². The van der Waals surface area contributed by atoms with Gasteiger partial charge in [-0.3, -0.25) is 20.2 Å². The van der Waals surface area contributed by atoms with Gasteiger partial charge in [0.25, 0.3) is 5.69 Å². The van der Waals surface area contributed by atoms with Crippen LogP contribution in [0.2, 0.25) is 0 Å². The molecular formula is C13H12N2O5. The van der Waals surface area contributed by atoms with E-state index in [-0.39, 0.29) is 12.2 Å². The van der Waals surface area contributed by atoms with E-state index in [1.165, 1.54) is 30.5 Å². The second-order valence-corrected chi connectivity index (χ2v) is 4.08. The van der Waals surface area contributed by atoms with Crippen molar-refractivity contribution in [1.29, 1.82) is 0 Å². The van der Waals surface area contributed by atoms with Crippen molar-refractivity contribution in [2.45, 2.75) is 12.6 Å². The summed E-state index contributed by atoms with van der Waals surface area (Å²) in [5.74, 6) is -0.455. The van der Waals surface area contributed by atoms with Crippen LogP contribution in [-0.4, -0.2) is 16.0 Å². The predicted octanol–water partition coefficient (Wildman–Crippen LogP) is 2.10. The molecule has 1 unspecified atom stereocenters. The quantitative estimate of drug-likeness (QED) is 0.618. The van der Waals surface area contributed by atoms with Gasteiger partial charge in [0.2, 0.25) is 0 Å². The first-order chi connectivity index (χ1) is 9.58. The monoisotopic (exact) mass is 276 g/mol. The lowest BCUT2D eigenvalue weighted by atomic mass is 10.1. The molecule has 0 amide bonds. The minimum Gasteiger partial charge on any atom is -0.480 e. The summed E-state index contributed by atoms with van der Waals surface area (Å²) < 4.78 is 5.11. The highest BCUT2D eigenvalue weighted by Gasteiger charge is 2.20. The number of hydrogen-bond donors (Lipinski definition) is 2. The lowest BCUT2D eigenvalue weighted by molar-refractivity contribution is -0.384. The highest BCUT2D eigenvalue weighted by Crippen LogP contribution is 2.18. The molecule has 0 bridgehead atoms. The Morgan fingerprint density at radius 3 is 2.55 bits per heavy atom. The number of benzene rings is 1. The molecule has 0 radical (unpaired) electrons. The molecule has 7 nitrogen and oxygen atoms in total. The summed E-state index contributed by atoms with van der Waals surface area (Å²) in [5, 5.41) is 22.6. The van der Waals surface area contributed by atoms with Crippen molar-refractivity contribution in [3.63, 3.8) is 0 Å². The molecule has 1 atom stereocenters. The molecule has 0 aliphatic rings. The van der Waals surface area contributed by atoms with Gasteiger partial charge in [0.15, 0.2) is 0 Å². The summed E-state index contributed by atoms with van der Waals surface area (Å²) in [6.07, 6.45) is 1.50. The van der Waals surface area contributed by atoms with Crippen LogP contribution >= 0.6 is 0 Å². The van der Waals surface area contributed by atoms with E-state index in [1.807, 2.05) is 0 Å². The minimum atomic E-state index is -1.06. The molecular weight excluding hydrogens is 264 g/mol. The standard InChI is InChI=1S/C13H12N2O5/c16-13(17)12(14-8-11-2-1-7-20-11)9-3-5-10(6-4-9)15(18)19/h1-7,12,14H,8H2,(H,16,17). The molecule has 1 aromatic heterocycles. The summed E-state index contributed by atoms with van der Waals surface area (Å²) >= 11 is 0. The Bertz CT molecular complexity index is 592. The number of nitrogens with one attached hydrogen (secondary N) is 1. The van der Waals surface area contributed by atoms with Crippen LogP contribution in [0.3, 0.4) is 0 Å². The molecule has 2 aromatic rings. The summed E-state index contributed by atoms with van der Waals surface area (Å²) in [5.41, 5.74) is 0.360. The molecule has 104 valence electrons. The van der Waals surface area contributed by atoms with Gasteiger partial charge in [-0.25, -0.2) is 0 Å². The lowest BCUT2D eigenvalue weighted by Gasteiger charge is -2.13. The molecule has 2 rings (SSSR count). The van der Waals surface area contributed by atoms with E-state index in [1.54, 1.807) is 12.1 Å². The molecule has 0 saturated heterocycles. The maximum Gasteiger partial charge on any atom is 0.325 e. The number of nitrogens with zero attached hydrogens (tertiary/aromatic N) is 1. The highest BCUT2D eigenvalue weighted by atomic mass is 16.6. The Labute approximate surface area is 114 Å². The molecule has 0 saturated carbocycles. The zero-order valence-electron chi connectivity index (χ0n) is 10.4. The van der Waals surface area contributed by atoms with E-state index in [0.29, 0.717) is 11.3 Å². The van der Waals surface area contributed by atoms with Gasteiger partial charge in [-0.2, -0.15) is 0 Å². The van der Waals surface area contributed by atoms with E-state index < -0.39 is 16.9 Å². The molecule has 2 N–H and O–H groups in total. The fourth-order valence-electron chi connectivity index (χ4n) is 1.75. The second-order valence-electron chi connectivity index (χ2n) is 4.08. The number of hydrogen-bond acceptors (Lipinski definition) is 5. The predicted molar refractivity (Wildman–Crippen MR) is 69.0 cm³/mol. The van der Waals surface area contributed by atoms with Gasteiger partial charge >= 0.3 is 5.97 Å². The van der Waals surface area contributed by atoms with E-state index in [2.05, 4.69) is 5.32 Å². The van der Waals surface area contributed by atoms with Crippen LogP contribution in [0.5, 0.6) is 0 Å². The van der Waals surface area contributed by atoms with Gasteiger partial charge in [-0.05, 0) is 17.7 Å². The van der Waals surface area contributed by atoms with Crippen molar-refractivity contribution < 1.29 is 19.2 Å². The van der Waals surface area contributed by atoms with Crippen molar-refractivity contribution in [2.24, 2.45) is 0 Å². The summed E-state index contributed by atoms with van der Waals surface area (Å²) in [6, 6.07) is 7.87. The van der Waals surface area contributed by atoms with E-state index in [9.17, 15) is 20.0 Å². The SMILES string of the molecule is O=C(O)C(NCc1ccco1)c1ccc([N+](=O)[O-])cc1. The Hall–Kier alpha value is -2.67. The Morgan fingerprint density at radius 2 is 2.05 bits per heavy atom. The third kappa shape index (κ3) is 3.21. The van der Waals surface area contributed by atoms with Crippen LogP contribution in [-0.2, 0) is 11.3 Å². The van der Waals surface area contributed by atoms with Gasteiger partial charge in [0.1, 0.15) is 11.8 Å². The molecule has 0 fully saturated rings. The van der Waals surface area contributed by atoms with Gasteiger partial charge < -0.3 is 9.52 Å². The average molecular weight is 276 g/mol. The number of furan rings is 1. The zero-order valence-corrected chi connectivity index (χ0v) is 10.4. The molecule has 7 heteroatoms. The molecule has 20 heavy (non-hydrogen) atoms. The number of nitro benzene ring substituents is 1. The van der Waals surface area contributed by atoms with Crippen molar-refractivity contribution in [1.82, 2.24) is 5.32 Å². The van der Waals surface area contributed by atoms with Crippen LogP contribution in [0.15, 0.2) is 47.1 Å². The molecule has 0 aliphatic carbocycles. The number of carbonyl (C=O) groups is 1. The largest absolute Gasteiger partial charge is 0.480 e. The number of nitro groups is 1. The van der Waals surface area contributed by atoms with E-state index in [0.717, 1.165) is 0 Å². The number of aliphatic carboxylic acids is 1. The molecule has 1 heterocycles. The topological polar surface area (TPSA) is 106 Å². The van der Waals surface area contributed by atoms with E-state index in [4.69, 9.17) is 4.42 Å². The van der Waals surface area contributed by atoms with Crippen molar-refractivity contribution in [2.75, 3.05) is 0 Å². The Balaban J connectivity index is 2.11. The fraction of sp³-hybridized carbons (Fsp3) is 0.154. The van der Waals surface area contributed by atoms with Crippen molar-refractivity contribution >= 4 is 11.7 Å². The Morgan fingerprint density at radius 1 is 1.35 bits per heavy atom. The first kappa shape index (κ1) is 13.8. The average Bonchev–Trinajstić information content (AvgIpc) is 2.92. The van der Waals surface area contributed by atoms with Crippen molar-refractivity contribution in [3.8, 4) is 0 Å². The number of carboxylic acids is 1. The normalized spacial score (nSPS) is 12.0. The highest BCUT2D eigenvalue weighted by molar-refractivity contribution is 5.75. The minimum absolute atomic E-state index is 0.0797. The lowest BCUT2D eigenvalue weighted by Crippen LogP contribution is -2.27.